The predicted molar refractivity (Wildman–Crippen MR) is 67.0 cm³/mol. The summed E-state index contributed by atoms with van der Waals surface area (Å²) >= 11 is 0. The highest BCUT2D eigenvalue weighted by Crippen LogP contribution is 2.08. The first-order valence-electron chi connectivity index (χ1n) is 5.80. The summed E-state index contributed by atoms with van der Waals surface area (Å²) in [6, 6.07) is 0.602. The SMILES string of the molecule is CCOC(C)C(=O)NC1CCCNC1C.Cl. The first-order chi connectivity index (χ1) is 7.15. The van der Waals surface area contributed by atoms with Crippen molar-refractivity contribution in [2.24, 2.45) is 0 Å². The van der Waals surface area contributed by atoms with Gasteiger partial charge in [-0.2, -0.15) is 0 Å². The van der Waals surface area contributed by atoms with Crippen LogP contribution < -0.4 is 10.6 Å². The van der Waals surface area contributed by atoms with Gasteiger partial charge in [0.1, 0.15) is 6.10 Å². The molecular formula is C11H23ClN2O2. The molecule has 96 valence electrons. The molecule has 5 heteroatoms. The summed E-state index contributed by atoms with van der Waals surface area (Å²) in [7, 11) is 0. The molecule has 0 saturated carbocycles. The average molecular weight is 251 g/mol. The van der Waals surface area contributed by atoms with Crippen molar-refractivity contribution in [2.45, 2.75) is 51.8 Å². The number of piperidine rings is 1. The van der Waals surface area contributed by atoms with Gasteiger partial charge in [0.2, 0.25) is 5.91 Å². The van der Waals surface area contributed by atoms with Crippen molar-refractivity contribution in [1.29, 1.82) is 0 Å². The molecule has 0 aromatic rings. The number of carbonyl (C=O) groups is 1. The lowest BCUT2D eigenvalue weighted by molar-refractivity contribution is -0.132. The smallest absolute Gasteiger partial charge is 0.249 e. The van der Waals surface area contributed by atoms with Crippen LogP contribution in [0.3, 0.4) is 0 Å². The van der Waals surface area contributed by atoms with Crippen molar-refractivity contribution in [2.75, 3.05) is 13.2 Å². The standard InChI is InChI=1S/C11H22N2O2.ClH/c1-4-15-9(3)11(14)13-10-6-5-7-12-8(10)2;/h8-10,12H,4-7H2,1-3H3,(H,13,14);1H. The molecule has 3 atom stereocenters. The van der Waals surface area contributed by atoms with Crippen LogP contribution in [0.5, 0.6) is 0 Å². The van der Waals surface area contributed by atoms with Gasteiger partial charge in [-0.05, 0) is 40.2 Å². The van der Waals surface area contributed by atoms with Gasteiger partial charge in [-0.15, -0.1) is 12.4 Å². The van der Waals surface area contributed by atoms with E-state index in [9.17, 15) is 4.79 Å². The maximum atomic E-state index is 11.7. The Kier molecular flexibility index (Phi) is 7.72. The van der Waals surface area contributed by atoms with Crippen LogP contribution in [0.25, 0.3) is 0 Å². The Hall–Kier alpha value is -0.320. The zero-order chi connectivity index (χ0) is 11.3. The van der Waals surface area contributed by atoms with Gasteiger partial charge in [-0.1, -0.05) is 0 Å². The van der Waals surface area contributed by atoms with Crippen molar-refractivity contribution >= 4 is 18.3 Å². The van der Waals surface area contributed by atoms with Crippen molar-refractivity contribution in [3.8, 4) is 0 Å². The van der Waals surface area contributed by atoms with Gasteiger partial charge < -0.3 is 15.4 Å². The van der Waals surface area contributed by atoms with Gasteiger partial charge in [0, 0.05) is 18.7 Å². The maximum absolute atomic E-state index is 11.7. The van der Waals surface area contributed by atoms with Crippen LogP contribution in [0, 0.1) is 0 Å². The minimum atomic E-state index is -0.343. The van der Waals surface area contributed by atoms with E-state index in [1.807, 2.05) is 6.92 Å². The van der Waals surface area contributed by atoms with Crippen LogP contribution in [-0.4, -0.2) is 37.2 Å². The summed E-state index contributed by atoms with van der Waals surface area (Å²) in [5.41, 5.74) is 0. The second kappa shape index (κ2) is 7.87. The lowest BCUT2D eigenvalue weighted by atomic mass is 10.00. The van der Waals surface area contributed by atoms with E-state index in [4.69, 9.17) is 4.74 Å². The van der Waals surface area contributed by atoms with Crippen LogP contribution >= 0.6 is 12.4 Å². The molecule has 1 aliphatic heterocycles. The molecule has 1 saturated heterocycles. The highest BCUT2D eigenvalue weighted by molar-refractivity contribution is 5.85. The van der Waals surface area contributed by atoms with E-state index >= 15 is 0 Å². The third-order valence-corrected chi connectivity index (χ3v) is 2.88. The highest BCUT2D eigenvalue weighted by Gasteiger charge is 2.24. The summed E-state index contributed by atoms with van der Waals surface area (Å²) in [6.07, 6.45) is 1.83. The normalized spacial score (nSPS) is 26.7. The lowest BCUT2D eigenvalue weighted by Gasteiger charge is -2.31. The fourth-order valence-corrected chi connectivity index (χ4v) is 1.87. The number of carbonyl (C=O) groups excluding carboxylic acids is 1. The number of hydrogen-bond acceptors (Lipinski definition) is 3. The molecule has 4 nitrogen and oxygen atoms in total. The van der Waals surface area contributed by atoms with Crippen molar-refractivity contribution < 1.29 is 9.53 Å². The second-order valence-corrected chi connectivity index (χ2v) is 4.10. The molecule has 1 aliphatic rings. The molecule has 0 aliphatic carbocycles. The monoisotopic (exact) mass is 250 g/mol. The molecule has 1 rings (SSSR count). The molecule has 0 spiro atoms. The lowest BCUT2D eigenvalue weighted by Crippen LogP contribution is -2.53. The van der Waals surface area contributed by atoms with Crippen LogP contribution in [0.2, 0.25) is 0 Å². The van der Waals surface area contributed by atoms with Crippen molar-refractivity contribution in [1.82, 2.24) is 10.6 Å². The van der Waals surface area contributed by atoms with Crippen LogP contribution in [0.1, 0.15) is 33.6 Å². The first-order valence-corrected chi connectivity index (χ1v) is 5.80. The summed E-state index contributed by atoms with van der Waals surface area (Å²) < 4.78 is 5.25. The summed E-state index contributed by atoms with van der Waals surface area (Å²) in [4.78, 5) is 11.7. The van der Waals surface area contributed by atoms with E-state index in [-0.39, 0.29) is 30.5 Å². The van der Waals surface area contributed by atoms with E-state index < -0.39 is 0 Å². The number of halogens is 1. The van der Waals surface area contributed by atoms with Gasteiger partial charge in [0.25, 0.3) is 0 Å². The van der Waals surface area contributed by atoms with E-state index in [1.165, 1.54) is 0 Å². The Bertz CT molecular complexity index is 214. The molecule has 0 aromatic carbocycles. The molecular weight excluding hydrogens is 228 g/mol. The fourth-order valence-electron chi connectivity index (χ4n) is 1.87. The number of hydrogen-bond donors (Lipinski definition) is 2. The second-order valence-electron chi connectivity index (χ2n) is 4.10. The molecule has 1 amide bonds. The molecule has 1 fully saturated rings. The van der Waals surface area contributed by atoms with Crippen LogP contribution in [0.4, 0.5) is 0 Å². The van der Waals surface area contributed by atoms with E-state index in [2.05, 4.69) is 17.6 Å². The number of ether oxygens (including phenoxy) is 1. The Morgan fingerprint density at radius 2 is 2.31 bits per heavy atom. The molecule has 3 unspecified atom stereocenters. The maximum Gasteiger partial charge on any atom is 0.249 e. The largest absolute Gasteiger partial charge is 0.369 e. The van der Waals surface area contributed by atoms with Crippen LogP contribution in [0.15, 0.2) is 0 Å². The first kappa shape index (κ1) is 15.7. The molecule has 2 N–H and O–H groups in total. The Balaban J connectivity index is 0.00000225. The number of nitrogens with one attached hydrogen (secondary N) is 2. The van der Waals surface area contributed by atoms with Crippen LogP contribution in [-0.2, 0) is 9.53 Å². The van der Waals surface area contributed by atoms with E-state index in [1.54, 1.807) is 6.92 Å². The van der Waals surface area contributed by atoms with Gasteiger partial charge in [-0.3, -0.25) is 4.79 Å². The highest BCUT2D eigenvalue weighted by atomic mass is 35.5. The minimum Gasteiger partial charge on any atom is -0.369 e. The third kappa shape index (κ3) is 4.68. The van der Waals surface area contributed by atoms with Gasteiger partial charge in [0.15, 0.2) is 0 Å². The Labute approximate surface area is 104 Å². The quantitative estimate of drug-likeness (QED) is 0.786. The predicted octanol–water partition coefficient (Wildman–Crippen LogP) is 1.09. The summed E-state index contributed by atoms with van der Waals surface area (Å²) in [6.45, 7) is 7.42. The molecule has 0 radical (unpaired) electrons. The zero-order valence-corrected chi connectivity index (χ0v) is 11.1. The van der Waals surface area contributed by atoms with E-state index in [0.717, 1.165) is 19.4 Å². The molecule has 0 bridgehead atoms. The number of rotatable bonds is 4. The average Bonchev–Trinajstić information content (AvgIpc) is 2.21. The van der Waals surface area contributed by atoms with E-state index in [0.29, 0.717) is 12.6 Å². The molecule has 0 aromatic heterocycles. The zero-order valence-electron chi connectivity index (χ0n) is 10.3. The van der Waals surface area contributed by atoms with Gasteiger partial charge >= 0.3 is 0 Å². The Morgan fingerprint density at radius 3 is 2.88 bits per heavy atom. The minimum absolute atomic E-state index is 0. The summed E-state index contributed by atoms with van der Waals surface area (Å²) in [5, 5.41) is 6.38. The fraction of sp³-hybridized carbons (Fsp3) is 0.909. The Morgan fingerprint density at radius 1 is 1.62 bits per heavy atom. The molecule has 1 heterocycles. The van der Waals surface area contributed by atoms with Crippen molar-refractivity contribution in [3.05, 3.63) is 0 Å². The van der Waals surface area contributed by atoms with Gasteiger partial charge in [0.05, 0.1) is 0 Å². The number of amides is 1. The third-order valence-electron chi connectivity index (χ3n) is 2.88. The van der Waals surface area contributed by atoms with Gasteiger partial charge in [-0.25, -0.2) is 0 Å². The van der Waals surface area contributed by atoms with Crippen molar-refractivity contribution in [3.63, 3.8) is 0 Å². The summed E-state index contributed by atoms with van der Waals surface area (Å²) in [5.74, 6) is -0.00241. The topological polar surface area (TPSA) is 50.4 Å². The molecule has 16 heavy (non-hydrogen) atoms.